The fourth-order valence-corrected chi connectivity index (χ4v) is 2.15. The van der Waals surface area contributed by atoms with Gasteiger partial charge in [0.15, 0.2) is 0 Å². The van der Waals surface area contributed by atoms with Gasteiger partial charge in [-0.2, -0.15) is 0 Å². The third-order valence-corrected chi connectivity index (χ3v) is 3.12. The molecule has 82 valence electrons. The molecule has 0 bridgehead atoms. The lowest BCUT2D eigenvalue weighted by molar-refractivity contribution is 0.433. The van der Waals surface area contributed by atoms with Crippen LogP contribution in [0.4, 0.5) is 5.69 Å². The van der Waals surface area contributed by atoms with Crippen LogP contribution in [0.2, 0.25) is 0 Å². The van der Waals surface area contributed by atoms with Gasteiger partial charge in [0.25, 0.3) is 0 Å². The van der Waals surface area contributed by atoms with Gasteiger partial charge in [0, 0.05) is 13.1 Å². The summed E-state index contributed by atoms with van der Waals surface area (Å²) in [5, 5.41) is 13.1. The highest BCUT2D eigenvalue weighted by Gasteiger charge is 2.19. The fraction of sp³-hybridized carbons (Fsp3) is 0.500. The van der Waals surface area contributed by atoms with Gasteiger partial charge in [0.05, 0.1) is 5.69 Å². The Morgan fingerprint density at radius 2 is 1.93 bits per heavy atom. The molecule has 1 aromatic carbocycles. The lowest BCUT2D eigenvalue weighted by atomic mass is 10.0. The van der Waals surface area contributed by atoms with E-state index in [1.807, 2.05) is 18.2 Å². The minimum Gasteiger partial charge on any atom is -0.506 e. The van der Waals surface area contributed by atoms with Gasteiger partial charge in [0.1, 0.15) is 5.75 Å². The highest BCUT2D eigenvalue weighted by molar-refractivity contribution is 5.57. The first-order valence-electron chi connectivity index (χ1n) is 5.50. The van der Waals surface area contributed by atoms with E-state index in [4.69, 9.17) is 0 Å². The zero-order valence-electron chi connectivity index (χ0n) is 9.11. The predicted molar refractivity (Wildman–Crippen MR) is 62.4 cm³/mol. The number of anilines is 1. The predicted octanol–water partition coefficient (Wildman–Crippen LogP) is 1.58. The minimum atomic E-state index is 0.374. The SMILES string of the molecule is CN(c1ccccc1O)C1CCNCC1. The second-order valence-corrected chi connectivity index (χ2v) is 4.08. The number of phenols is 1. The minimum absolute atomic E-state index is 0.374. The van der Waals surface area contributed by atoms with Crippen LogP contribution in [0.3, 0.4) is 0 Å². The van der Waals surface area contributed by atoms with Gasteiger partial charge in [-0.15, -0.1) is 0 Å². The monoisotopic (exact) mass is 206 g/mol. The van der Waals surface area contributed by atoms with Gasteiger partial charge in [0.2, 0.25) is 0 Å². The zero-order chi connectivity index (χ0) is 10.7. The summed E-state index contributed by atoms with van der Waals surface area (Å²) in [5.41, 5.74) is 0.935. The second kappa shape index (κ2) is 4.53. The highest BCUT2D eigenvalue weighted by Crippen LogP contribution is 2.28. The van der Waals surface area contributed by atoms with Crippen molar-refractivity contribution in [1.82, 2.24) is 5.32 Å². The molecule has 2 N–H and O–H groups in total. The number of phenolic OH excluding ortho intramolecular Hbond substituents is 1. The average molecular weight is 206 g/mol. The molecule has 15 heavy (non-hydrogen) atoms. The molecule has 1 heterocycles. The Morgan fingerprint density at radius 1 is 1.27 bits per heavy atom. The molecule has 2 rings (SSSR count). The number of hydrogen-bond donors (Lipinski definition) is 2. The molecule has 0 saturated carbocycles. The number of nitrogens with zero attached hydrogens (tertiary/aromatic N) is 1. The van der Waals surface area contributed by atoms with Crippen molar-refractivity contribution in [3.8, 4) is 5.75 Å². The Morgan fingerprint density at radius 3 is 2.60 bits per heavy atom. The standard InChI is InChI=1S/C12H18N2O/c1-14(10-6-8-13-9-7-10)11-4-2-3-5-12(11)15/h2-5,10,13,15H,6-9H2,1H3. The molecule has 0 aromatic heterocycles. The van der Waals surface area contributed by atoms with Crippen molar-refractivity contribution >= 4 is 5.69 Å². The van der Waals surface area contributed by atoms with Crippen molar-refractivity contribution in [3.63, 3.8) is 0 Å². The van der Waals surface area contributed by atoms with Crippen molar-refractivity contribution in [3.05, 3.63) is 24.3 Å². The third kappa shape index (κ3) is 2.23. The number of nitrogens with one attached hydrogen (secondary N) is 1. The van der Waals surface area contributed by atoms with Crippen LogP contribution in [0.1, 0.15) is 12.8 Å². The normalized spacial score (nSPS) is 17.7. The molecule has 1 aliphatic rings. The van der Waals surface area contributed by atoms with Crippen molar-refractivity contribution in [2.45, 2.75) is 18.9 Å². The number of para-hydroxylation sites is 2. The highest BCUT2D eigenvalue weighted by atomic mass is 16.3. The Hall–Kier alpha value is -1.22. The number of aromatic hydroxyl groups is 1. The molecule has 3 nitrogen and oxygen atoms in total. The van der Waals surface area contributed by atoms with Crippen LogP contribution in [-0.2, 0) is 0 Å². The fourth-order valence-electron chi connectivity index (χ4n) is 2.15. The molecule has 1 aliphatic heterocycles. The van der Waals surface area contributed by atoms with Crippen molar-refractivity contribution in [2.75, 3.05) is 25.0 Å². The number of hydrogen-bond acceptors (Lipinski definition) is 3. The van der Waals surface area contributed by atoms with E-state index in [-0.39, 0.29) is 0 Å². The van der Waals surface area contributed by atoms with E-state index in [0.717, 1.165) is 31.6 Å². The van der Waals surface area contributed by atoms with Gasteiger partial charge in [-0.1, -0.05) is 12.1 Å². The number of piperidine rings is 1. The van der Waals surface area contributed by atoms with Gasteiger partial charge in [-0.25, -0.2) is 0 Å². The van der Waals surface area contributed by atoms with Crippen LogP contribution in [0.15, 0.2) is 24.3 Å². The smallest absolute Gasteiger partial charge is 0.138 e. The summed E-state index contributed by atoms with van der Waals surface area (Å²) in [6.45, 7) is 2.14. The van der Waals surface area contributed by atoms with Crippen molar-refractivity contribution in [2.24, 2.45) is 0 Å². The lowest BCUT2D eigenvalue weighted by Crippen LogP contribution is -2.41. The van der Waals surface area contributed by atoms with Crippen LogP contribution in [0, 0.1) is 0 Å². The Bertz CT molecular complexity index is 321. The first kappa shape index (κ1) is 10.3. The Labute approximate surface area is 90.7 Å². The first-order chi connectivity index (χ1) is 7.29. The van der Waals surface area contributed by atoms with E-state index >= 15 is 0 Å². The quantitative estimate of drug-likeness (QED) is 0.771. The van der Waals surface area contributed by atoms with E-state index in [0.29, 0.717) is 11.8 Å². The summed E-state index contributed by atoms with van der Waals surface area (Å²) in [6.07, 6.45) is 2.29. The van der Waals surface area contributed by atoms with Crippen molar-refractivity contribution < 1.29 is 5.11 Å². The van der Waals surface area contributed by atoms with Crippen LogP contribution in [-0.4, -0.2) is 31.3 Å². The molecule has 0 amide bonds. The first-order valence-corrected chi connectivity index (χ1v) is 5.50. The number of rotatable bonds is 2. The molecule has 3 heteroatoms. The summed E-state index contributed by atoms with van der Waals surface area (Å²) in [7, 11) is 2.06. The molecule has 1 aromatic rings. The molecule has 0 radical (unpaired) electrons. The summed E-state index contributed by atoms with van der Waals surface area (Å²) >= 11 is 0. The van der Waals surface area contributed by atoms with Crippen LogP contribution >= 0.6 is 0 Å². The maximum atomic E-state index is 9.75. The molecule has 1 saturated heterocycles. The van der Waals surface area contributed by atoms with Gasteiger partial charge >= 0.3 is 0 Å². The average Bonchev–Trinajstić information content (AvgIpc) is 2.30. The van der Waals surface area contributed by atoms with Gasteiger partial charge in [-0.3, -0.25) is 0 Å². The van der Waals surface area contributed by atoms with E-state index < -0.39 is 0 Å². The molecule has 0 aliphatic carbocycles. The van der Waals surface area contributed by atoms with Crippen molar-refractivity contribution in [1.29, 1.82) is 0 Å². The van der Waals surface area contributed by atoms with E-state index in [1.165, 1.54) is 0 Å². The molecule has 0 atom stereocenters. The van der Waals surface area contributed by atoms with Gasteiger partial charge < -0.3 is 15.3 Å². The van der Waals surface area contributed by atoms with Crippen LogP contribution in [0.5, 0.6) is 5.75 Å². The topological polar surface area (TPSA) is 35.5 Å². The molecular formula is C12H18N2O. The zero-order valence-corrected chi connectivity index (χ0v) is 9.11. The Balaban J connectivity index is 2.12. The summed E-state index contributed by atoms with van der Waals surface area (Å²) in [4.78, 5) is 2.19. The molecule has 0 unspecified atom stereocenters. The number of benzene rings is 1. The van der Waals surface area contributed by atoms with Gasteiger partial charge in [-0.05, 0) is 38.1 Å². The maximum Gasteiger partial charge on any atom is 0.138 e. The summed E-state index contributed by atoms with van der Waals surface area (Å²) in [5.74, 6) is 0.374. The molecule has 0 spiro atoms. The second-order valence-electron chi connectivity index (χ2n) is 4.08. The summed E-state index contributed by atoms with van der Waals surface area (Å²) in [6, 6.07) is 8.07. The third-order valence-electron chi connectivity index (χ3n) is 3.12. The largest absolute Gasteiger partial charge is 0.506 e. The maximum absolute atomic E-state index is 9.75. The molecular weight excluding hydrogens is 188 g/mol. The molecule has 1 fully saturated rings. The lowest BCUT2D eigenvalue weighted by Gasteiger charge is -2.33. The van der Waals surface area contributed by atoms with E-state index in [9.17, 15) is 5.11 Å². The van der Waals surface area contributed by atoms with Crippen LogP contribution in [0.25, 0.3) is 0 Å². The Kier molecular flexibility index (Phi) is 3.11. The van der Waals surface area contributed by atoms with Crippen LogP contribution < -0.4 is 10.2 Å². The summed E-state index contributed by atoms with van der Waals surface area (Å²) < 4.78 is 0. The van der Waals surface area contributed by atoms with E-state index in [2.05, 4.69) is 17.3 Å². The van der Waals surface area contributed by atoms with E-state index in [1.54, 1.807) is 6.07 Å².